The molecule has 2 aromatic carbocycles. The molecule has 0 amide bonds. The normalized spacial score (nSPS) is 12.2. The van der Waals surface area contributed by atoms with Crippen LogP contribution >= 0.6 is 0 Å². The van der Waals surface area contributed by atoms with Crippen molar-refractivity contribution in [3.05, 3.63) is 58.4 Å². The summed E-state index contributed by atoms with van der Waals surface area (Å²) >= 11 is 0. The van der Waals surface area contributed by atoms with Crippen molar-refractivity contribution in [2.75, 3.05) is 17.3 Å². The monoisotopic (exact) mass is 532 g/mol. The summed E-state index contributed by atoms with van der Waals surface area (Å²) < 4.78 is 69.1. The zero-order valence-electron chi connectivity index (χ0n) is 19.5. The number of anilines is 3. The molecular formula is C22H19F3N8O3S. The minimum absolute atomic E-state index is 0.0737. The number of aromatic nitrogens is 6. The van der Waals surface area contributed by atoms with Crippen LogP contribution in [-0.4, -0.2) is 44.0 Å². The summed E-state index contributed by atoms with van der Waals surface area (Å²) in [5, 5.41) is 9.21. The van der Waals surface area contributed by atoms with Crippen molar-refractivity contribution in [1.82, 2.24) is 29.3 Å². The van der Waals surface area contributed by atoms with Gasteiger partial charge in [0.05, 0.1) is 17.6 Å². The molecule has 11 nitrogen and oxygen atoms in total. The number of hydrogen-bond acceptors (Lipinski definition) is 8. The van der Waals surface area contributed by atoms with Crippen LogP contribution in [0, 0.1) is 17.5 Å². The van der Waals surface area contributed by atoms with Gasteiger partial charge in [0.2, 0.25) is 5.95 Å². The number of hydrogen-bond donors (Lipinski definition) is 3. The number of fused-ring (bicyclic) bond motifs is 2. The summed E-state index contributed by atoms with van der Waals surface area (Å²) in [7, 11) is -4.00. The summed E-state index contributed by atoms with van der Waals surface area (Å²) in [5.74, 6) is -3.26. The van der Waals surface area contributed by atoms with Crippen molar-refractivity contribution >= 4 is 49.4 Å². The molecular weight excluding hydrogens is 513 g/mol. The lowest BCUT2D eigenvalue weighted by Crippen LogP contribution is -2.25. The maximum absolute atomic E-state index is 14.6. The third kappa shape index (κ3) is 3.87. The molecule has 0 aliphatic heterocycles. The van der Waals surface area contributed by atoms with Gasteiger partial charge in [-0.15, -0.1) is 0 Å². The van der Waals surface area contributed by atoms with E-state index in [1.54, 1.807) is 13.8 Å². The van der Waals surface area contributed by atoms with Gasteiger partial charge >= 0.3 is 5.69 Å². The number of H-pyrrole nitrogens is 1. The van der Waals surface area contributed by atoms with Crippen molar-refractivity contribution in [1.29, 1.82) is 0 Å². The fraction of sp³-hybridized carbons (Fsp3) is 0.182. The fourth-order valence-electron chi connectivity index (χ4n) is 4.09. The highest BCUT2D eigenvalue weighted by Crippen LogP contribution is 2.30. The molecule has 3 heterocycles. The van der Waals surface area contributed by atoms with Crippen LogP contribution in [0.25, 0.3) is 27.8 Å². The maximum atomic E-state index is 14.6. The molecule has 15 heteroatoms. The second kappa shape index (κ2) is 8.33. The van der Waals surface area contributed by atoms with E-state index in [0.717, 1.165) is 6.26 Å². The van der Waals surface area contributed by atoms with Crippen LogP contribution in [0.3, 0.4) is 0 Å². The van der Waals surface area contributed by atoms with Crippen molar-refractivity contribution < 1.29 is 21.6 Å². The minimum Gasteiger partial charge on any atom is -0.382 e. The third-order valence-electron chi connectivity index (χ3n) is 5.71. The fourth-order valence-corrected chi connectivity index (χ4v) is 4.82. The van der Waals surface area contributed by atoms with Gasteiger partial charge in [0.1, 0.15) is 33.4 Å². The van der Waals surface area contributed by atoms with Crippen LogP contribution in [0.5, 0.6) is 0 Å². The van der Waals surface area contributed by atoms with E-state index < -0.39 is 49.6 Å². The molecule has 0 aliphatic rings. The van der Waals surface area contributed by atoms with Gasteiger partial charge in [0.15, 0.2) is 21.3 Å². The van der Waals surface area contributed by atoms with E-state index in [0.29, 0.717) is 17.5 Å². The highest BCUT2D eigenvalue weighted by molar-refractivity contribution is 7.90. The summed E-state index contributed by atoms with van der Waals surface area (Å²) in [5.41, 5.74) is 5.77. The summed E-state index contributed by atoms with van der Waals surface area (Å²) in [6.07, 6.45) is 2.12. The zero-order valence-corrected chi connectivity index (χ0v) is 20.4. The first-order valence-electron chi connectivity index (χ1n) is 10.8. The van der Waals surface area contributed by atoms with Gasteiger partial charge in [-0.05, 0) is 32.0 Å². The minimum atomic E-state index is -4.00. The second-order valence-electron chi connectivity index (χ2n) is 8.57. The lowest BCUT2D eigenvalue weighted by molar-refractivity contribution is 0.558. The van der Waals surface area contributed by atoms with Crippen LogP contribution in [0.4, 0.5) is 30.6 Å². The molecule has 0 radical (unpaired) electrons. The van der Waals surface area contributed by atoms with Crippen molar-refractivity contribution in [3.8, 4) is 5.69 Å². The number of nitrogen functional groups attached to an aromatic ring is 1. The number of imidazole rings is 1. The lowest BCUT2D eigenvalue weighted by atomic mass is 10.2. The van der Waals surface area contributed by atoms with E-state index >= 15 is 0 Å². The van der Waals surface area contributed by atoms with Crippen molar-refractivity contribution in [2.45, 2.75) is 24.8 Å². The lowest BCUT2D eigenvalue weighted by Gasteiger charge is -2.11. The number of nitrogens with zero attached hydrogens (tertiary/aromatic N) is 5. The molecule has 0 saturated heterocycles. The molecule has 0 saturated carbocycles. The Morgan fingerprint density at radius 1 is 1.08 bits per heavy atom. The molecule has 5 rings (SSSR count). The molecule has 3 aromatic heterocycles. The second-order valence-corrected chi connectivity index (χ2v) is 10.6. The molecule has 5 aromatic rings. The molecule has 0 unspecified atom stereocenters. The molecule has 192 valence electrons. The van der Waals surface area contributed by atoms with E-state index in [-0.39, 0.29) is 34.1 Å². The number of aromatic amines is 1. The van der Waals surface area contributed by atoms with E-state index in [2.05, 4.69) is 25.5 Å². The van der Waals surface area contributed by atoms with Gasteiger partial charge < -0.3 is 11.1 Å². The number of sulfone groups is 1. The van der Waals surface area contributed by atoms with Gasteiger partial charge in [-0.1, -0.05) is 0 Å². The van der Waals surface area contributed by atoms with E-state index in [1.165, 1.54) is 27.5 Å². The molecule has 0 fully saturated rings. The van der Waals surface area contributed by atoms with E-state index in [4.69, 9.17) is 5.73 Å². The number of benzene rings is 2. The van der Waals surface area contributed by atoms with Crippen LogP contribution in [-0.2, 0) is 9.84 Å². The Bertz CT molecular complexity index is 1890. The van der Waals surface area contributed by atoms with Crippen LogP contribution in [0.15, 0.2) is 40.2 Å². The molecule has 0 atom stereocenters. The topological polar surface area (TPSA) is 154 Å². The van der Waals surface area contributed by atoms with Crippen LogP contribution < -0.4 is 16.7 Å². The first-order chi connectivity index (χ1) is 17.4. The van der Waals surface area contributed by atoms with Gasteiger partial charge in [-0.25, -0.2) is 26.4 Å². The van der Waals surface area contributed by atoms with E-state index in [9.17, 15) is 26.4 Å². The highest BCUT2D eigenvalue weighted by Gasteiger charge is 2.25. The van der Waals surface area contributed by atoms with Gasteiger partial charge in [-0.3, -0.25) is 14.2 Å². The SMILES string of the molecule is CC(C)n1c(=O)n(-c2ccc(F)c3[nH]ncc23)c2c(N)nc(Nc3cc(F)c(S(C)(=O)=O)cc3F)nc21. The Kier molecular flexibility index (Phi) is 5.47. The van der Waals surface area contributed by atoms with Crippen molar-refractivity contribution in [2.24, 2.45) is 0 Å². The molecule has 4 N–H and O–H groups in total. The quantitative estimate of drug-likeness (QED) is 0.312. The number of rotatable bonds is 5. The number of halogens is 3. The zero-order chi connectivity index (χ0) is 26.8. The highest BCUT2D eigenvalue weighted by atomic mass is 32.2. The average molecular weight is 533 g/mol. The smallest absolute Gasteiger partial charge is 0.335 e. The first-order valence-corrected chi connectivity index (χ1v) is 12.7. The largest absolute Gasteiger partial charge is 0.382 e. The third-order valence-corrected chi connectivity index (χ3v) is 6.82. The number of nitrogens with one attached hydrogen (secondary N) is 2. The predicted molar refractivity (Wildman–Crippen MR) is 130 cm³/mol. The Labute approximate surface area is 206 Å². The summed E-state index contributed by atoms with van der Waals surface area (Å²) in [6.45, 7) is 3.46. The van der Waals surface area contributed by atoms with Gasteiger partial charge in [0.25, 0.3) is 0 Å². The van der Waals surface area contributed by atoms with Crippen LogP contribution in [0.2, 0.25) is 0 Å². The van der Waals surface area contributed by atoms with Crippen LogP contribution in [0.1, 0.15) is 19.9 Å². The number of nitrogens with two attached hydrogens (primary N) is 1. The Balaban J connectivity index is 1.72. The predicted octanol–water partition coefficient (Wildman–Crippen LogP) is 3.19. The molecule has 0 spiro atoms. The molecule has 37 heavy (non-hydrogen) atoms. The average Bonchev–Trinajstić information content (AvgIpc) is 3.39. The van der Waals surface area contributed by atoms with Gasteiger partial charge in [0, 0.05) is 23.8 Å². The Morgan fingerprint density at radius 2 is 1.81 bits per heavy atom. The molecule has 0 bridgehead atoms. The first kappa shape index (κ1) is 24.3. The Hall–Kier alpha value is -4.40. The van der Waals surface area contributed by atoms with E-state index in [1.807, 2.05) is 0 Å². The van der Waals surface area contributed by atoms with Gasteiger partial charge in [-0.2, -0.15) is 15.1 Å². The van der Waals surface area contributed by atoms with Crippen molar-refractivity contribution in [3.63, 3.8) is 0 Å². The Morgan fingerprint density at radius 3 is 2.49 bits per heavy atom. The summed E-state index contributed by atoms with van der Waals surface area (Å²) in [4.78, 5) is 21.1. The molecule has 0 aliphatic carbocycles. The maximum Gasteiger partial charge on any atom is 0.335 e. The summed E-state index contributed by atoms with van der Waals surface area (Å²) in [6, 6.07) is 3.35. The standard InChI is InChI=1S/C22H19F3N8O3S/c1-9(2)32-20-18(33(22(32)34)15-5-4-11(23)17-10(15)8-27-31-17)19(26)29-21(30-20)28-14-6-13(25)16(7-12(14)24)37(3,35)36/h4-9H,1-3H3,(H,27,31)(H3,26,28,29,30).